The fourth-order valence-electron chi connectivity index (χ4n) is 2.95. The molecule has 0 spiro atoms. The number of hydrogen-bond acceptors (Lipinski definition) is 2. The Hall–Kier alpha value is -3.24. The van der Waals surface area contributed by atoms with Gasteiger partial charge in [0.25, 0.3) is 0 Å². The van der Waals surface area contributed by atoms with Crippen LogP contribution in [-0.4, -0.2) is 15.6 Å². The Bertz CT molecular complexity index is 1130. The first-order valence-corrected chi connectivity index (χ1v) is 9.68. The van der Waals surface area contributed by atoms with E-state index in [9.17, 15) is 4.79 Å². The van der Waals surface area contributed by atoms with Gasteiger partial charge in [-0.3, -0.25) is 4.79 Å². The molecule has 3 nitrogen and oxygen atoms in total. The van der Waals surface area contributed by atoms with Crippen LogP contribution in [0.4, 0.5) is 0 Å². The molecule has 1 heterocycles. The molecule has 0 unspecified atom stereocenters. The lowest BCUT2D eigenvalue weighted by molar-refractivity contribution is 0.104. The van der Waals surface area contributed by atoms with Gasteiger partial charge in [-0.1, -0.05) is 76.6 Å². The van der Waals surface area contributed by atoms with E-state index in [1.54, 1.807) is 6.08 Å². The Morgan fingerprint density at radius 3 is 2.32 bits per heavy atom. The van der Waals surface area contributed by atoms with E-state index in [2.05, 4.69) is 15.9 Å². The standard InChI is InChI=1S/C24H17BrN2O/c25-21-11-7-10-19(16-21)24-20(14-15-23(28)18-8-3-1-4-9-18)17-27(26-24)22-12-5-2-6-13-22/h1-17H. The van der Waals surface area contributed by atoms with E-state index in [0.717, 1.165) is 27.0 Å². The Kier molecular flexibility index (Phi) is 5.31. The topological polar surface area (TPSA) is 34.9 Å². The van der Waals surface area contributed by atoms with Crippen LogP contribution >= 0.6 is 15.9 Å². The zero-order valence-electron chi connectivity index (χ0n) is 15.0. The third-order valence-corrected chi connectivity index (χ3v) is 4.83. The van der Waals surface area contributed by atoms with E-state index >= 15 is 0 Å². The molecule has 28 heavy (non-hydrogen) atoms. The van der Waals surface area contributed by atoms with Crippen molar-refractivity contribution in [1.29, 1.82) is 0 Å². The van der Waals surface area contributed by atoms with Crippen LogP contribution in [0.5, 0.6) is 0 Å². The number of hydrogen-bond donors (Lipinski definition) is 0. The second-order valence-electron chi connectivity index (χ2n) is 6.29. The Morgan fingerprint density at radius 2 is 1.61 bits per heavy atom. The van der Waals surface area contributed by atoms with Gasteiger partial charge in [0, 0.05) is 27.4 Å². The van der Waals surface area contributed by atoms with Gasteiger partial charge in [-0.15, -0.1) is 0 Å². The van der Waals surface area contributed by atoms with Gasteiger partial charge in [0.2, 0.25) is 0 Å². The van der Waals surface area contributed by atoms with E-state index in [0.29, 0.717) is 5.56 Å². The van der Waals surface area contributed by atoms with E-state index in [1.807, 2.05) is 102 Å². The minimum absolute atomic E-state index is 0.0340. The highest BCUT2D eigenvalue weighted by atomic mass is 79.9. The van der Waals surface area contributed by atoms with Crippen molar-refractivity contribution in [3.63, 3.8) is 0 Å². The molecular formula is C24H17BrN2O. The summed E-state index contributed by atoms with van der Waals surface area (Å²) in [5.41, 5.74) is 4.32. The predicted octanol–water partition coefficient (Wildman–Crippen LogP) is 6.20. The molecule has 0 bridgehead atoms. The number of aromatic nitrogens is 2. The second kappa shape index (κ2) is 8.19. The van der Waals surface area contributed by atoms with E-state index in [-0.39, 0.29) is 5.78 Å². The number of rotatable bonds is 5. The molecule has 0 aliphatic rings. The van der Waals surface area contributed by atoms with Gasteiger partial charge in [-0.25, -0.2) is 4.68 Å². The summed E-state index contributed by atoms with van der Waals surface area (Å²) in [5, 5.41) is 4.78. The van der Waals surface area contributed by atoms with Crippen LogP contribution in [-0.2, 0) is 0 Å². The first-order valence-electron chi connectivity index (χ1n) is 8.89. The predicted molar refractivity (Wildman–Crippen MR) is 117 cm³/mol. The van der Waals surface area contributed by atoms with Crippen LogP contribution in [0.1, 0.15) is 15.9 Å². The molecule has 0 saturated heterocycles. The number of allylic oxidation sites excluding steroid dienone is 1. The maximum atomic E-state index is 12.5. The molecule has 3 aromatic carbocycles. The lowest BCUT2D eigenvalue weighted by atomic mass is 10.1. The van der Waals surface area contributed by atoms with Crippen molar-refractivity contribution in [2.45, 2.75) is 0 Å². The molecule has 0 N–H and O–H groups in total. The number of ketones is 1. The summed E-state index contributed by atoms with van der Waals surface area (Å²) in [6.07, 6.45) is 5.38. The van der Waals surface area contributed by atoms with Gasteiger partial charge in [-0.2, -0.15) is 5.10 Å². The highest BCUT2D eigenvalue weighted by Gasteiger charge is 2.11. The van der Waals surface area contributed by atoms with Crippen molar-refractivity contribution in [1.82, 2.24) is 9.78 Å². The highest BCUT2D eigenvalue weighted by molar-refractivity contribution is 9.10. The van der Waals surface area contributed by atoms with Crippen molar-refractivity contribution in [2.75, 3.05) is 0 Å². The molecule has 136 valence electrons. The van der Waals surface area contributed by atoms with Crippen molar-refractivity contribution in [2.24, 2.45) is 0 Å². The Labute approximate surface area is 172 Å². The fraction of sp³-hybridized carbons (Fsp3) is 0. The van der Waals surface area contributed by atoms with Crippen LogP contribution in [0, 0.1) is 0 Å². The number of carbonyl (C=O) groups is 1. The second-order valence-corrected chi connectivity index (χ2v) is 7.20. The minimum atomic E-state index is -0.0340. The molecule has 0 radical (unpaired) electrons. The number of nitrogens with zero attached hydrogens (tertiary/aromatic N) is 2. The maximum absolute atomic E-state index is 12.5. The van der Waals surface area contributed by atoms with Crippen molar-refractivity contribution in [3.8, 4) is 16.9 Å². The summed E-state index contributed by atoms with van der Waals surface area (Å²) in [6.45, 7) is 0. The smallest absolute Gasteiger partial charge is 0.185 e. The fourth-order valence-corrected chi connectivity index (χ4v) is 3.35. The summed E-state index contributed by atoms with van der Waals surface area (Å²) in [4.78, 5) is 12.5. The monoisotopic (exact) mass is 428 g/mol. The van der Waals surface area contributed by atoms with Gasteiger partial charge in [0.1, 0.15) is 0 Å². The first kappa shape index (κ1) is 18.1. The molecule has 0 aliphatic carbocycles. The molecule has 0 amide bonds. The average molecular weight is 429 g/mol. The van der Waals surface area contributed by atoms with Crippen molar-refractivity contribution >= 4 is 27.8 Å². The number of para-hydroxylation sites is 1. The quantitative estimate of drug-likeness (QED) is 0.280. The van der Waals surface area contributed by atoms with Crippen LogP contribution in [0.15, 0.2) is 102 Å². The van der Waals surface area contributed by atoms with E-state index in [1.165, 1.54) is 0 Å². The molecule has 0 saturated carbocycles. The lowest BCUT2D eigenvalue weighted by Gasteiger charge is -2.01. The summed E-state index contributed by atoms with van der Waals surface area (Å²) in [7, 11) is 0. The van der Waals surface area contributed by atoms with Crippen LogP contribution < -0.4 is 0 Å². The first-order chi connectivity index (χ1) is 13.7. The number of benzene rings is 3. The normalized spacial score (nSPS) is 11.0. The third kappa shape index (κ3) is 4.02. The van der Waals surface area contributed by atoms with Crippen LogP contribution in [0.3, 0.4) is 0 Å². The lowest BCUT2D eigenvalue weighted by Crippen LogP contribution is -1.93. The summed E-state index contributed by atoms with van der Waals surface area (Å²) in [5.74, 6) is -0.0340. The van der Waals surface area contributed by atoms with Gasteiger partial charge in [-0.05, 0) is 36.4 Å². The van der Waals surface area contributed by atoms with Crippen LogP contribution in [0.2, 0.25) is 0 Å². The molecule has 0 fully saturated rings. The van der Waals surface area contributed by atoms with Crippen molar-refractivity contribution in [3.05, 3.63) is 113 Å². The number of halogens is 1. The van der Waals surface area contributed by atoms with Gasteiger partial charge >= 0.3 is 0 Å². The molecule has 0 aliphatic heterocycles. The molecular weight excluding hydrogens is 412 g/mol. The molecule has 0 atom stereocenters. The summed E-state index contributed by atoms with van der Waals surface area (Å²) >= 11 is 3.52. The zero-order valence-corrected chi connectivity index (χ0v) is 16.6. The van der Waals surface area contributed by atoms with E-state index < -0.39 is 0 Å². The molecule has 4 rings (SSSR count). The molecule has 4 heteroatoms. The van der Waals surface area contributed by atoms with Crippen molar-refractivity contribution < 1.29 is 4.79 Å². The minimum Gasteiger partial charge on any atom is -0.289 e. The molecule has 4 aromatic rings. The van der Waals surface area contributed by atoms with Gasteiger partial charge in [0.15, 0.2) is 5.78 Å². The van der Waals surface area contributed by atoms with Gasteiger partial charge in [0.05, 0.1) is 11.4 Å². The summed E-state index contributed by atoms with van der Waals surface area (Å²) in [6, 6.07) is 27.2. The Balaban J connectivity index is 1.75. The maximum Gasteiger partial charge on any atom is 0.185 e. The SMILES string of the molecule is O=C(C=Cc1cn(-c2ccccc2)nc1-c1cccc(Br)c1)c1ccccc1. The average Bonchev–Trinajstić information content (AvgIpc) is 3.18. The summed E-state index contributed by atoms with van der Waals surface area (Å²) < 4.78 is 2.82. The largest absolute Gasteiger partial charge is 0.289 e. The number of carbonyl (C=O) groups excluding carboxylic acids is 1. The van der Waals surface area contributed by atoms with E-state index in [4.69, 9.17) is 5.10 Å². The van der Waals surface area contributed by atoms with Crippen LogP contribution in [0.25, 0.3) is 23.0 Å². The highest BCUT2D eigenvalue weighted by Crippen LogP contribution is 2.27. The van der Waals surface area contributed by atoms with Gasteiger partial charge < -0.3 is 0 Å². The Morgan fingerprint density at radius 1 is 0.893 bits per heavy atom. The third-order valence-electron chi connectivity index (χ3n) is 4.33. The molecule has 1 aromatic heterocycles. The zero-order chi connectivity index (χ0) is 19.3.